The molecule has 0 aromatic carbocycles. The lowest BCUT2D eigenvalue weighted by Crippen LogP contribution is -2.57. The number of amides is 4. The second-order valence-electron chi connectivity index (χ2n) is 5.18. The molecule has 0 aliphatic rings. The number of primary amides is 1. The Bertz CT molecular complexity index is 471. The predicted molar refractivity (Wildman–Crippen MR) is 82.2 cm³/mol. The highest BCUT2D eigenvalue weighted by Crippen LogP contribution is 1.93. The SMILES string of the molecule is CC(O)[C@H](N)CNNC(=O)C(CC(N)=O)NC(=O)N[C@@H](C)C(=O)O. The number of rotatable bonds is 10. The normalized spacial score (nSPS) is 15.5. The number of aliphatic carboxylic acids is 1. The summed E-state index contributed by atoms with van der Waals surface area (Å²) < 4.78 is 0. The molecule has 0 radical (unpaired) electrons. The number of carboxylic acid groups (broad SMARTS) is 1. The Morgan fingerprint density at radius 1 is 1.12 bits per heavy atom. The summed E-state index contributed by atoms with van der Waals surface area (Å²) in [7, 11) is 0. The zero-order valence-corrected chi connectivity index (χ0v) is 13.4. The number of urea groups is 1. The molecule has 12 heteroatoms. The zero-order valence-electron chi connectivity index (χ0n) is 13.4. The van der Waals surface area contributed by atoms with E-state index in [0.29, 0.717) is 0 Å². The van der Waals surface area contributed by atoms with Crippen LogP contribution in [0.3, 0.4) is 0 Å². The van der Waals surface area contributed by atoms with Crippen LogP contribution < -0.4 is 33.0 Å². The second-order valence-corrected chi connectivity index (χ2v) is 5.18. The molecule has 0 aromatic rings. The first kappa shape index (κ1) is 21.6. The van der Waals surface area contributed by atoms with Crippen molar-refractivity contribution in [1.82, 2.24) is 21.5 Å². The van der Waals surface area contributed by atoms with Crippen LogP contribution in [0.4, 0.5) is 4.79 Å². The molecule has 0 spiro atoms. The zero-order chi connectivity index (χ0) is 18.9. The number of carbonyl (C=O) groups excluding carboxylic acids is 3. The standard InChI is InChI=1S/C12H24N6O6/c1-5(11(22)23)16-12(24)17-8(3-9(14)20)10(21)18-15-4-7(13)6(2)19/h5-8,15,19H,3-4,13H2,1-2H3,(H2,14,20)(H,18,21)(H,22,23)(H2,16,17,24)/t5-,6?,7+,8?/m0/s1. The molecule has 0 heterocycles. The minimum absolute atomic E-state index is 0.0366. The lowest BCUT2D eigenvalue weighted by Gasteiger charge is -2.20. The summed E-state index contributed by atoms with van der Waals surface area (Å²) in [6, 6.07) is -4.11. The molecule has 0 aromatic heterocycles. The van der Waals surface area contributed by atoms with Crippen molar-refractivity contribution in [3.8, 4) is 0 Å². The van der Waals surface area contributed by atoms with E-state index in [2.05, 4.69) is 21.5 Å². The Labute approximate surface area is 138 Å². The van der Waals surface area contributed by atoms with Gasteiger partial charge in [0.25, 0.3) is 5.91 Å². The fourth-order valence-corrected chi connectivity index (χ4v) is 1.38. The average molecular weight is 348 g/mol. The van der Waals surface area contributed by atoms with Crippen LogP contribution in [0.25, 0.3) is 0 Å². The van der Waals surface area contributed by atoms with Gasteiger partial charge in [-0.05, 0) is 13.8 Å². The van der Waals surface area contributed by atoms with Crippen molar-refractivity contribution in [3.05, 3.63) is 0 Å². The largest absolute Gasteiger partial charge is 0.480 e. The van der Waals surface area contributed by atoms with E-state index >= 15 is 0 Å². The molecule has 0 saturated heterocycles. The molecule has 2 unspecified atom stereocenters. The number of hydrazine groups is 1. The van der Waals surface area contributed by atoms with Crippen LogP contribution in [-0.4, -0.2) is 64.8 Å². The van der Waals surface area contributed by atoms with Crippen molar-refractivity contribution < 1.29 is 29.4 Å². The predicted octanol–water partition coefficient (Wildman–Crippen LogP) is -3.67. The fraction of sp³-hybridized carbons (Fsp3) is 0.667. The molecule has 0 fully saturated rings. The quantitative estimate of drug-likeness (QED) is 0.184. The van der Waals surface area contributed by atoms with Crippen LogP contribution >= 0.6 is 0 Å². The van der Waals surface area contributed by atoms with Crippen LogP contribution in [0.15, 0.2) is 0 Å². The highest BCUT2D eigenvalue weighted by Gasteiger charge is 2.24. The molecule has 0 saturated carbocycles. The van der Waals surface area contributed by atoms with Crippen LogP contribution in [0.1, 0.15) is 20.3 Å². The van der Waals surface area contributed by atoms with Gasteiger partial charge >= 0.3 is 12.0 Å². The first-order valence-corrected chi connectivity index (χ1v) is 7.09. The van der Waals surface area contributed by atoms with Crippen molar-refractivity contribution in [2.45, 2.75) is 44.5 Å². The summed E-state index contributed by atoms with van der Waals surface area (Å²) in [4.78, 5) is 45.2. The minimum atomic E-state index is -1.32. The molecule has 24 heavy (non-hydrogen) atoms. The summed E-state index contributed by atoms with van der Waals surface area (Å²) in [5, 5.41) is 22.1. The Hall–Kier alpha value is -2.44. The number of hydrogen-bond donors (Lipinski definition) is 8. The summed E-state index contributed by atoms with van der Waals surface area (Å²) in [6.07, 6.45) is -1.30. The van der Waals surface area contributed by atoms with Gasteiger partial charge in [-0.3, -0.25) is 19.8 Å². The molecule has 12 nitrogen and oxygen atoms in total. The molecular weight excluding hydrogens is 324 g/mol. The van der Waals surface area contributed by atoms with Crippen molar-refractivity contribution in [1.29, 1.82) is 0 Å². The van der Waals surface area contributed by atoms with Crippen LogP contribution in [0, 0.1) is 0 Å². The molecule has 138 valence electrons. The van der Waals surface area contributed by atoms with Gasteiger partial charge in [-0.1, -0.05) is 0 Å². The van der Waals surface area contributed by atoms with Crippen molar-refractivity contribution >= 4 is 23.8 Å². The maximum atomic E-state index is 11.9. The van der Waals surface area contributed by atoms with Gasteiger partial charge < -0.3 is 32.3 Å². The summed E-state index contributed by atoms with van der Waals surface area (Å²) in [5.74, 6) is -2.90. The van der Waals surface area contributed by atoms with Gasteiger partial charge in [0.05, 0.1) is 12.5 Å². The van der Waals surface area contributed by atoms with Crippen molar-refractivity contribution in [3.63, 3.8) is 0 Å². The Morgan fingerprint density at radius 2 is 1.71 bits per heavy atom. The highest BCUT2D eigenvalue weighted by atomic mass is 16.4. The number of nitrogens with one attached hydrogen (secondary N) is 4. The van der Waals surface area contributed by atoms with Crippen molar-refractivity contribution in [2.24, 2.45) is 11.5 Å². The number of aliphatic hydroxyl groups excluding tert-OH is 1. The van der Waals surface area contributed by atoms with Gasteiger partial charge in [0.1, 0.15) is 12.1 Å². The summed E-state index contributed by atoms with van der Waals surface area (Å²) in [5.41, 5.74) is 15.2. The Balaban J connectivity index is 4.58. The molecule has 0 bridgehead atoms. The maximum absolute atomic E-state index is 11.9. The number of carbonyl (C=O) groups is 4. The molecule has 4 amide bonds. The van der Waals surface area contributed by atoms with Gasteiger partial charge in [0.15, 0.2) is 0 Å². The number of aliphatic hydroxyl groups is 1. The van der Waals surface area contributed by atoms with E-state index in [4.69, 9.17) is 16.6 Å². The molecule has 4 atom stereocenters. The minimum Gasteiger partial charge on any atom is -0.480 e. The third-order valence-electron chi connectivity index (χ3n) is 2.91. The van der Waals surface area contributed by atoms with E-state index < -0.39 is 54.5 Å². The Kier molecular flexibility index (Phi) is 9.30. The van der Waals surface area contributed by atoms with Crippen LogP contribution in [-0.2, 0) is 14.4 Å². The summed E-state index contributed by atoms with van der Waals surface area (Å²) in [6.45, 7) is 2.73. The van der Waals surface area contributed by atoms with E-state index in [0.717, 1.165) is 0 Å². The number of carboxylic acids is 1. The third kappa shape index (κ3) is 8.87. The van der Waals surface area contributed by atoms with Crippen LogP contribution in [0.2, 0.25) is 0 Å². The molecule has 0 aliphatic carbocycles. The van der Waals surface area contributed by atoms with Gasteiger partial charge in [0, 0.05) is 12.6 Å². The van der Waals surface area contributed by atoms with Crippen molar-refractivity contribution in [2.75, 3.05) is 6.54 Å². The maximum Gasteiger partial charge on any atom is 0.325 e. The van der Waals surface area contributed by atoms with Gasteiger partial charge in [-0.2, -0.15) is 0 Å². The monoisotopic (exact) mass is 348 g/mol. The van der Waals surface area contributed by atoms with E-state index in [9.17, 15) is 24.3 Å². The summed E-state index contributed by atoms with van der Waals surface area (Å²) >= 11 is 0. The van der Waals surface area contributed by atoms with Crippen LogP contribution in [0.5, 0.6) is 0 Å². The Morgan fingerprint density at radius 3 is 2.17 bits per heavy atom. The first-order valence-electron chi connectivity index (χ1n) is 7.09. The second kappa shape index (κ2) is 10.4. The molecule has 0 aliphatic heterocycles. The number of hydrogen-bond acceptors (Lipinski definition) is 7. The lowest BCUT2D eigenvalue weighted by molar-refractivity contribution is -0.138. The smallest absolute Gasteiger partial charge is 0.325 e. The molecule has 10 N–H and O–H groups in total. The van der Waals surface area contributed by atoms with Gasteiger partial charge in [-0.15, -0.1) is 0 Å². The lowest BCUT2D eigenvalue weighted by atomic mass is 10.2. The van der Waals surface area contributed by atoms with Gasteiger partial charge in [-0.25, -0.2) is 10.2 Å². The van der Waals surface area contributed by atoms with E-state index in [1.54, 1.807) is 0 Å². The highest BCUT2D eigenvalue weighted by molar-refractivity contribution is 5.91. The third-order valence-corrected chi connectivity index (χ3v) is 2.91. The van der Waals surface area contributed by atoms with E-state index in [1.165, 1.54) is 13.8 Å². The van der Waals surface area contributed by atoms with E-state index in [-0.39, 0.29) is 6.54 Å². The first-order chi connectivity index (χ1) is 11.0. The number of nitrogens with two attached hydrogens (primary N) is 2. The van der Waals surface area contributed by atoms with E-state index in [1.807, 2.05) is 0 Å². The average Bonchev–Trinajstić information content (AvgIpc) is 2.45. The molecular formula is C12H24N6O6. The molecule has 0 rings (SSSR count). The van der Waals surface area contributed by atoms with Gasteiger partial charge in [0.2, 0.25) is 5.91 Å². The fourth-order valence-electron chi connectivity index (χ4n) is 1.38. The topological polar surface area (TPSA) is 209 Å².